The lowest BCUT2D eigenvalue weighted by Crippen LogP contribution is -2.42. The molecule has 0 aromatic heterocycles. The van der Waals surface area contributed by atoms with Gasteiger partial charge in [-0.3, -0.25) is 4.79 Å². The number of benzene rings is 4. The summed E-state index contributed by atoms with van der Waals surface area (Å²) in [6, 6.07) is 29.6. The minimum Gasteiger partial charge on any atom is -0.447 e. The number of cyclic esters (lactones) is 1. The third-order valence-electron chi connectivity index (χ3n) is 6.22. The molecular weight excluding hydrogens is 440 g/mol. The van der Waals surface area contributed by atoms with E-state index >= 15 is 0 Å². The zero-order chi connectivity index (χ0) is 24.2. The maximum atomic E-state index is 13.4. The lowest BCUT2D eigenvalue weighted by Gasteiger charge is -2.23. The van der Waals surface area contributed by atoms with Gasteiger partial charge in [0.25, 0.3) is 0 Å². The summed E-state index contributed by atoms with van der Waals surface area (Å²) in [5.41, 5.74) is 12.7. The number of azide groups is 1. The van der Waals surface area contributed by atoms with Crippen molar-refractivity contribution in [2.24, 2.45) is 5.11 Å². The van der Waals surface area contributed by atoms with Gasteiger partial charge in [-0.2, -0.15) is 0 Å². The van der Waals surface area contributed by atoms with Gasteiger partial charge in [0, 0.05) is 4.91 Å². The highest BCUT2D eigenvalue weighted by Gasteiger charge is 2.41. The van der Waals surface area contributed by atoms with Crippen molar-refractivity contribution in [1.29, 1.82) is 0 Å². The van der Waals surface area contributed by atoms with Crippen molar-refractivity contribution in [1.82, 2.24) is 4.90 Å². The van der Waals surface area contributed by atoms with Crippen molar-refractivity contribution in [2.75, 3.05) is 6.61 Å². The van der Waals surface area contributed by atoms with Gasteiger partial charge in [0.2, 0.25) is 5.91 Å². The van der Waals surface area contributed by atoms with Crippen molar-refractivity contribution in [3.8, 4) is 11.1 Å². The molecule has 0 unspecified atom stereocenters. The first-order valence-corrected chi connectivity index (χ1v) is 11.3. The maximum Gasteiger partial charge on any atom is 0.417 e. The van der Waals surface area contributed by atoms with Crippen LogP contribution in [-0.2, 0) is 16.0 Å². The predicted molar refractivity (Wildman–Crippen MR) is 133 cm³/mol. The van der Waals surface area contributed by atoms with E-state index in [-0.39, 0.29) is 6.61 Å². The Labute approximate surface area is 202 Å². The summed E-state index contributed by atoms with van der Waals surface area (Å²) in [6.45, 7) is 0.101. The first-order valence-electron chi connectivity index (χ1n) is 11.3. The van der Waals surface area contributed by atoms with Gasteiger partial charge in [0.1, 0.15) is 12.6 Å². The van der Waals surface area contributed by atoms with E-state index in [1.807, 2.05) is 60.7 Å². The highest BCUT2D eigenvalue weighted by Crippen LogP contribution is 2.29. The van der Waals surface area contributed by atoms with Crippen LogP contribution in [0.15, 0.2) is 102 Å². The fourth-order valence-corrected chi connectivity index (χ4v) is 4.44. The Morgan fingerprint density at radius 3 is 2.37 bits per heavy atom. The Morgan fingerprint density at radius 1 is 0.943 bits per heavy atom. The largest absolute Gasteiger partial charge is 0.447 e. The fourth-order valence-electron chi connectivity index (χ4n) is 4.44. The molecule has 0 spiro atoms. The van der Waals surface area contributed by atoms with Crippen LogP contribution in [0.2, 0.25) is 0 Å². The molecule has 35 heavy (non-hydrogen) atoms. The zero-order valence-electron chi connectivity index (χ0n) is 18.8. The van der Waals surface area contributed by atoms with Crippen molar-refractivity contribution in [3.63, 3.8) is 0 Å². The summed E-state index contributed by atoms with van der Waals surface area (Å²) < 4.78 is 5.18. The SMILES string of the molecule is [N-]=[N+]=N[C@@H](C(=O)N1C(=O)OC[C@@H]1Cc1ccccc1)c1ccc(-c2ccc3ccccc3c2)cc1. The van der Waals surface area contributed by atoms with Gasteiger partial charge < -0.3 is 4.74 Å². The monoisotopic (exact) mass is 462 g/mol. The molecule has 4 aromatic rings. The second kappa shape index (κ2) is 9.71. The number of carbonyl (C=O) groups excluding carboxylic acids is 2. The third kappa shape index (κ3) is 4.58. The Bertz CT molecular complexity index is 1430. The topological polar surface area (TPSA) is 95.4 Å². The van der Waals surface area contributed by atoms with Crippen LogP contribution in [0.25, 0.3) is 32.3 Å². The Hall–Kier alpha value is -4.61. The van der Waals surface area contributed by atoms with Gasteiger partial charge in [-0.15, -0.1) is 0 Å². The molecule has 1 heterocycles. The van der Waals surface area contributed by atoms with Crippen LogP contribution in [0, 0.1) is 0 Å². The molecule has 0 N–H and O–H groups in total. The predicted octanol–water partition coefficient (Wildman–Crippen LogP) is 6.45. The molecule has 2 atom stereocenters. The van der Waals surface area contributed by atoms with Gasteiger partial charge in [0.15, 0.2) is 0 Å². The van der Waals surface area contributed by atoms with Crippen molar-refractivity contribution in [3.05, 3.63) is 119 Å². The van der Waals surface area contributed by atoms with Crippen molar-refractivity contribution in [2.45, 2.75) is 18.5 Å². The van der Waals surface area contributed by atoms with E-state index in [1.54, 1.807) is 12.1 Å². The number of amides is 2. The molecule has 7 heteroatoms. The second-order valence-electron chi connectivity index (χ2n) is 8.42. The van der Waals surface area contributed by atoms with Crippen LogP contribution >= 0.6 is 0 Å². The van der Waals surface area contributed by atoms with Crippen molar-refractivity contribution < 1.29 is 14.3 Å². The molecule has 7 nitrogen and oxygen atoms in total. The van der Waals surface area contributed by atoms with Crippen LogP contribution in [0.4, 0.5) is 4.79 Å². The van der Waals surface area contributed by atoms with Gasteiger partial charge in [-0.1, -0.05) is 96.1 Å². The molecule has 172 valence electrons. The molecule has 0 bridgehead atoms. The first kappa shape index (κ1) is 22.2. The molecule has 1 fully saturated rings. The zero-order valence-corrected chi connectivity index (χ0v) is 18.8. The van der Waals surface area contributed by atoms with Gasteiger partial charge in [-0.25, -0.2) is 9.69 Å². The van der Waals surface area contributed by atoms with Crippen LogP contribution in [-0.4, -0.2) is 29.5 Å². The number of hydrogen-bond donors (Lipinski definition) is 0. The summed E-state index contributed by atoms with van der Waals surface area (Å²) in [4.78, 5) is 29.8. The minimum absolute atomic E-state index is 0.101. The highest BCUT2D eigenvalue weighted by molar-refractivity contribution is 5.97. The highest BCUT2D eigenvalue weighted by atomic mass is 16.6. The molecule has 1 aliphatic heterocycles. The van der Waals surface area contributed by atoms with E-state index < -0.39 is 24.1 Å². The molecule has 0 radical (unpaired) electrons. The number of fused-ring (bicyclic) bond motifs is 1. The standard InChI is InChI=1S/C28H22N4O3/c29-31-30-26(27(33)32-25(18-35-28(32)34)16-19-6-2-1-3-7-19)22-13-10-21(11-14-22)24-15-12-20-8-4-5-9-23(20)17-24/h1-15,17,25-26H,16,18H2/t25-,26+/m0/s1. The smallest absolute Gasteiger partial charge is 0.417 e. The average Bonchev–Trinajstić information content (AvgIpc) is 3.27. The average molecular weight is 463 g/mol. The lowest BCUT2D eigenvalue weighted by atomic mass is 9.98. The molecular formula is C28H22N4O3. The minimum atomic E-state index is -1.17. The summed E-state index contributed by atoms with van der Waals surface area (Å²) >= 11 is 0. The molecule has 0 saturated carbocycles. The molecule has 1 aliphatic rings. The third-order valence-corrected chi connectivity index (χ3v) is 6.22. The van der Waals surface area contributed by atoms with Gasteiger partial charge in [-0.05, 0) is 51.0 Å². The molecule has 2 amide bonds. The van der Waals surface area contributed by atoms with Gasteiger partial charge in [0.05, 0.1) is 6.04 Å². The van der Waals surface area contributed by atoms with E-state index in [0.29, 0.717) is 12.0 Å². The normalized spacial score (nSPS) is 15.9. The van der Waals surface area contributed by atoms with Crippen molar-refractivity contribution >= 4 is 22.8 Å². The number of carbonyl (C=O) groups is 2. The Morgan fingerprint density at radius 2 is 1.63 bits per heavy atom. The molecule has 1 saturated heterocycles. The molecule has 5 rings (SSSR count). The second-order valence-corrected chi connectivity index (χ2v) is 8.42. The lowest BCUT2D eigenvalue weighted by molar-refractivity contribution is -0.130. The quantitative estimate of drug-likeness (QED) is 0.187. The number of rotatable bonds is 6. The van der Waals surface area contributed by atoms with Crippen LogP contribution in [0.1, 0.15) is 17.2 Å². The fraction of sp³-hybridized carbons (Fsp3) is 0.143. The van der Waals surface area contributed by atoms with Crippen LogP contribution in [0.5, 0.6) is 0 Å². The number of nitrogens with zero attached hydrogens (tertiary/aromatic N) is 4. The Balaban J connectivity index is 1.40. The summed E-state index contributed by atoms with van der Waals surface area (Å²) in [5, 5.41) is 6.03. The van der Waals surface area contributed by atoms with E-state index in [1.165, 1.54) is 0 Å². The van der Waals surface area contributed by atoms with Crippen LogP contribution in [0.3, 0.4) is 0 Å². The number of imide groups is 1. The summed E-state index contributed by atoms with van der Waals surface area (Å²) in [6.07, 6.45) is -0.260. The molecule has 0 aliphatic carbocycles. The van der Waals surface area contributed by atoms with E-state index in [9.17, 15) is 9.59 Å². The van der Waals surface area contributed by atoms with E-state index in [4.69, 9.17) is 10.3 Å². The van der Waals surface area contributed by atoms with E-state index in [2.05, 4.69) is 34.3 Å². The van der Waals surface area contributed by atoms with Crippen LogP contribution < -0.4 is 0 Å². The summed E-state index contributed by atoms with van der Waals surface area (Å²) in [7, 11) is 0. The van der Waals surface area contributed by atoms with E-state index in [0.717, 1.165) is 32.4 Å². The Kier molecular flexibility index (Phi) is 6.16. The summed E-state index contributed by atoms with van der Waals surface area (Å²) in [5.74, 6) is -0.593. The van der Waals surface area contributed by atoms with Gasteiger partial charge >= 0.3 is 6.09 Å². The molecule has 4 aromatic carbocycles. The maximum absolute atomic E-state index is 13.4. The number of ether oxygens (including phenoxy) is 1. The number of hydrogen-bond acceptors (Lipinski definition) is 4. The first-order chi connectivity index (χ1) is 17.1.